The van der Waals surface area contributed by atoms with Crippen molar-refractivity contribution in [3.8, 4) is 0 Å². The van der Waals surface area contributed by atoms with E-state index in [1.165, 1.54) is 0 Å². The molecular weight excluding hydrogens is 182 g/mol. The fourth-order valence-corrected chi connectivity index (χ4v) is 1.70. The monoisotopic (exact) mass is 193 g/mol. The van der Waals surface area contributed by atoms with Crippen molar-refractivity contribution in [2.24, 2.45) is 11.7 Å². The van der Waals surface area contributed by atoms with Crippen LogP contribution >= 0.6 is 0 Å². The molecule has 14 heavy (non-hydrogen) atoms. The van der Waals surface area contributed by atoms with Crippen molar-refractivity contribution < 1.29 is 14.6 Å². The van der Waals surface area contributed by atoms with E-state index >= 15 is 0 Å². The number of rotatable bonds is 2. The Bertz CT molecular complexity index is 354. The lowest BCUT2D eigenvalue weighted by atomic mass is 9.92. The van der Waals surface area contributed by atoms with Gasteiger partial charge in [-0.25, -0.2) is 4.79 Å². The van der Waals surface area contributed by atoms with Gasteiger partial charge < -0.3 is 15.6 Å². The van der Waals surface area contributed by atoms with E-state index in [-0.39, 0.29) is 17.8 Å². The molecule has 1 aliphatic carbocycles. The largest absolute Gasteiger partial charge is 0.478 e. The van der Waals surface area contributed by atoms with Gasteiger partial charge in [0.05, 0.1) is 0 Å². The van der Waals surface area contributed by atoms with Crippen molar-refractivity contribution in [2.45, 2.75) is 6.10 Å². The third-order valence-electron chi connectivity index (χ3n) is 2.40. The summed E-state index contributed by atoms with van der Waals surface area (Å²) in [6.45, 7) is 0.395. The first kappa shape index (κ1) is 9.02. The topological polar surface area (TPSA) is 72.6 Å². The lowest BCUT2D eigenvalue weighted by molar-refractivity contribution is -0.136. The van der Waals surface area contributed by atoms with Crippen LogP contribution in [0.5, 0.6) is 0 Å². The van der Waals surface area contributed by atoms with Crippen LogP contribution in [0.25, 0.3) is 0 Å². The molecule has 3 N–H and O–H groups in total. The predicted octanol–water partition coefficient (Wildman–Crippen LogP) is 0.425. The Balaban J connectivity index is 2.23. The number of hydrogen-bond acceptors (Lipinski definition) is 3. The molecule has 1 aliphatic heterocycles. The molecule has 0 aromatic heterocycles. The molecule has 2 rings (SSSR count). The zero-order valence-electron chi connectivity index (χ0n) is 7.51. The van der Waals surface area contributed by atoms with Gasteiger partial charge in [-0.3, -0.25) is 0 Å². The lowest BCUT2D eigenvalue weighted by Crippen LogP contribution is -2.25. The summed E-state index contributed by atoms with van der Waals surface area (Å²) in [7, 11) is 0. The molecule has 2 atom stereocenters. The van der Waals surface area contributed by atoms with Crippen molar-refractivity contribution in [1.29, 1.82) is 0 Å². The highest BCUT2D eigenvalue weighted by atomic mass is 16.5. The minimum Gasteiger partial charge on any atom is -0.478 e. The summed E-state index contributed by atoms with van der Waals surface area (Å²) in [5.74, 6) is -0.986. The zero-order valence-corrected chi connectivity index (χ0v) is 7.51. The highest BCUT2D eigenvalue weighted by Crippen LogP contribution is 2.31. The van der Waals surface area contributed by atoms with Crippen LogP contribution in [0.15, 0.2) is 35.6 Å². The van der Waals surface area contributed by atoms with Gasteiger partial charge in [-0.1, -0.05) is 18.2 Å². The van der Waals surface area contributed by atoms with Crippen LogP contribution in [0, 0.1) is 5.92 Å². The van der Waals surface area contributed by atoms with Crippen molar-refractivity contribution in [2.75, 3.05) is 6.54 Å². The lowest BCUT2D eigenvalue weighted by Gasteiger charge is -2.21. The maximum absolute atomic E-state index is 10.7. The Morgan fingerprint density at radius 3 is 3.07 bits per heavy atom. The smallest absolute Gasteiger partial charge is 0.370 e. The second kappa shape index (κ2) is 3.31. The fourth-order valence-electron chi connectivity index (χ4n) is 1.70. The average Bonchev–Trinajstić information content (AvgIpc) is 2.60. The van der Waals surface area contributed by atoms with E-state index in [9.17, 15) is 4.79 Å². The SMILES string of the molecule is NCC1=CC=CC2C=C(C(=O)O)OC12. The van der Waals surface area contributed by atoms with Gasteiger partial charge in [-0.05, 0) is 11.6 Å². The van der Waals surface area contributed by atoms with E-state index < -0.39 is 5.97 Å². The predicted molar refractivity (Wildman–Crippen MR) is 50.4 cm³/mol. The Hall–Kier alpha value is -1.55. The van der Waals surface area contributed by atoms with Crippen LogP contribution in [0.2, 0.25) is 0 Å². The van der Waals surface area contributed by atoms with Gasteiger partial charge in [0.2, 0.25) is 5.76 Å². The second-order valence-electron chi connectivity index (χ2n) is 3.28. The van der Waals surface area contributed by atoms with E-state index in [0.29, 0.717) is 6.54 Å². The van der Waals surface area contributed by atoms with Crippen LogP contribution in [0.3, 0.4) is 0 Å². The van der Waals surface area contributed by atoms with Gasteiger partial charge >= 0.3 is 5.97 Å². The summed E-state index contributed by atoms with van der Waals surface area (Å²) >= 11 is 0. The van der Waals surface area contributed by atoms with Gasteiger partial charge in [0.15, 0.2) is 0 Å². The Labute approximate surface area is 81.4 Å². The summed E-state index contributed by atoms with van der Waals surface area (Å²) in [5, 5.41) is 8.75. The number of fused-ring (bicyclic) bond motifs is 1. The van der Waals surface area contributed by atoms with E-state index in [0.717, 1.165) is 5.57 Å². The first-order chi connectivity index (χ1) is 6.72. The number of carboxylic acid groups (broad SMARTS) is 1. The molecule has 1 heterocycles. The Morgan fingerprint density at radius 2 is 2.43 bits per heavy atom. The van der Waals surface area contributed by atoms with E-state index in [1.54, 1.807) is 6.08 Å². The van der Waals surface area contributed by atoms with Crippen molar-refractivity contribution in [3.05, 3.63) is 35.6 Å². The number of allylic oxidation sites excluding steroid dienone is 2. The van der Waals surface area contributed by atoms with Gasteiger partial charge in [-0.15, -0.1) is 0 Å². The fraction of sp³-hybridized carbons (Fsp3) is 0.300. The summed E-state index contributed by atoms with van der Waals surface area (Å²) in [4.78, 5) is 10.7. The molecule has 0 spiro atoms. The number of carboxylic acids is 1. The average molecular weight is 193 g/mol. The molecule has 2 unspecified atom stereocenters. The number of carbonyl (C=O) groups is 1. The van der Waals surface area contributed by atoms with Gasteiger partial charge in [0.1, 0.15) is 6.10 Å². The highest BCUT2D eigenvalue weighted by molar-refractivity contribution is 5.85. The summed E-state index contributed by atoms with van der Waals surface area (Å²) in [6.07, 6.45) is 7.08. The molecule has 0 aromatic rings. The normalized spacial score (nSPS) is 28.9. The Kier molecular flexibility index (Phi) is 2.13. The first-order valence-electron chi connectivity index (χ1n) is 4.41. The summed E-state index contributed by atoms with van der Waals surface area (Å²) < 4.78 is 5.29. The molecule has 4 nitrogen and oxygen atoms in total. The maximum Gasteiger partial charge on any atom is 0.370 e. The molecule has 4 heteroatoms. The Morgan fingerprint density at radius 1 is 1.64 bits per heavy atom. The summed E-state index contributed by atoms with van der Waals surface area (Å²) in [5.41, 5.74) is 6.46. The third-order valence-corrected chi connectivity index (χ3v) is 2.40. The second-order valence-corrected chi connectivity index (χ2v) is 3.28. The quantitative estimate of drug-likeness (QED) is 0.666. The molecule has 2 aliphatic rings. The van der Waals surface area contributed by atoms with Crippen LogP contribution in [-0.2, 0) is 9.53 Å². The van der Waals surface area contributed by atoms with Crippen LogP contribution < -0.4 is 5.73 Å². The molecule has 0 amide bonds. The van der Waals surface area contributed by atoms with Crippen molar-refractivity contribution in [1.82, 2.24) is 0 Å². The minimum absolute atomic E-state index is 0.0182. The van der Waals surface area contributed by atoms with Gasteiger partial charge in [0.25, 0.3) is 0 Å². The van der Waals surface area contributed by atoms with E-state index in [1.807, 2.05) is 18.2 Å². The molecule has 0 radical (unpaired) electrons. The number of ether oxygens (including phenoxy) is 1. The molecule has 0 fully saturated rings. The van der Waals surface area contributed by atoms with Crippen LogP contribution in [0.4, 0.5) is 0 Å². The molecular formula is C10H11NO3. The highest BCUT2D eigenvalue weighted by Gasteiger charge is 2.33. The van der Waals surface area contributed by atoms with Crippen LogP contribution in [-0.4, -0.2) is 23.7 Å². The zero-order chi connectivity index (χ0) is 10.1. The first-order valence-corrected chi connectivity index (χ1v) is 4.41. The molecule has 0 bridgehead atoms. The van der Waals surface area contributed by atoms with Crippen molar-refractivity contribution >= 4 is 5.97 Å². The minimum atomic E-state index is -1.02. The molecule has 0 aromatic carbocycles. The van der Waals surface area contributed by atoms with E-state index in [4.69, 9.17) is 15.6 Å². The standard InChI is InChI=1S/C10H11NO3/c11-5-7-3-1-2-6-4-8(10(12)13)14-9(6)7/h1-4,6,9H,5,11H2,(H,12,13). The van der Waals surface area contributed by atoms with Gasteiger partial charge in [0, 0.05) is 12.5 Å². The molecule has 0 saturated carbocycles. The summed E-state index contributed by atoms with van der Waals surface area (Å²) in [6, 6.07) is 0. The number of aliphatic carboxylic acids is 1. The molecule has 74 valence electrons. The van der Waals surface area contributed by atoms with Crippen molar-refractivity contribution in [3.63, 3.8) is 0 Å². The van der Waals surface area contributed by atoms with E-state index in [2.05, 4.69) is 0 Å². The van der Waals surface area contributed by atoms with Crippen LogP contribution in [0.1, 0.15) is 0 Å². The molecule has 0 saturated heterocycles. The third kappa shape index (κ3) is 1.33. The number of nitrogens with two attached hydrogens (primary N) is 1. The number of hydrogen-bond donors (Lipinski definition) is 2. The maximum atomic E-state index is 10.7. The van der Waals surface area contributed by atoms with Gasteiger partial charge in [-0.2, -0.15) is 0 Å².